The van der Waals surface area contributed by atoms with Gasteiger partial charge in [0.25, 0.3) is 0 Å². The molecule has 0 aliphatic carbocycles. The molecule has 0 heterocycles. The molecule has 0 rings (SSSR count). The fourth-order valence-corrected chi connectivity index (χ4v) is 1.20. The number of hydrogen-bond acceptors (Lipinski definition) is 6. The highest BCUT2D eigenvalue weighted by Crippen LogP contribution is 1.97. The summed E-state index contributed by atoms with van der Waals surface area (Å²) in [6.07, 6.45) is 0. The Hall–Kier alpha value is -1.42. The smallest absolute Gasteiger partial charge is 0.329 e. The van der Waals surface area contributed by atoms with E-state index < -0.39 is 35.8 Å². The zero-order valence-corrected chi connectivity index (χ0v) is 10.8. The van der Waals surface area contributed by atoms with Crippen LogP contribution in [-0.2, 0) is 19.2 Å². The molecule has 0 aliphatic rings. The second-order valence-electron chi connectivity index (χ2n) is 3.08. The summed E-state index contributed by atoms with van der Waals surface area (Å²) in [4.78, 5) is 43.9. The summed E-state index contributed by atoms with van der Waals surface area (Å²) in [7, 11) is 0. The van der Waals surface area contributed by atoms with E-state index in [1.807, 2.05) is 10.6 Å². The number of amides is 2. The summed E-state index contributed by atoms with van der Waals surface area (Å²) in [5.74, 6) is -5.32. The fourth-order valence-electron chi connectivity index (χ4n) is 1.01. The second kappa shape index (κ2) is 7.82. The molecule has 0 fully saturated rings. The molecule has 102 valence electrons. The van der Waals surface area contributed by atoms with E-state index in [0.717, 1.165) is 0 Å². The van der Waals surface area contributed by atoms with E-state index in [1.165, 1.54) is 0 Å². The predicted molar refractivity (Wildman–Crippen MR) is 66.8 cm³/mol. The monoisotopic (exact) mass is 296 g/mol. The third-order valence-electron chi connectivity index (χ3n) is 1.79. The zero-order chi connectivity index (χ0) is 14.3. The van der Waals surface area contributed by atoms with E-state index in [0.29, 0.717) is 0 Å². The van der Waals surface area contributed by atoms with Gasteiger partial charge >= 0.3 is 11.9 Å². The summed E-state index contributed by atoms with van der Waals surface area (Å²) in [5, 5.41) is 21.6. The largest absolute Gasteiger partial charge is 0.480 e. The van der Waals surface area contributed by atoms with Crippen molar-refractivity contribution in [3.8, 4) is 0 Å². The molecule has 2 amide bonds. The lowest BCUT2D eigenvalue weighted by Gasteiger charge is -2.22. The van der Waals surface area contributed by atoms with Gasteiger partial charge in [-0.15, -0.1) is 0 Å². The summed E-state index contributed by atoms with van der Waals surface area (Å²) >= 11 is 7.23. The number of carboxylic acids is 2. The van der Waals surface area contributed by atoms with Gasteiger partial charge in [0, 0.05) is 0 Å². The topological polar surface area (TPSA) is 133 Å². The van der Waals surface area contributed by atoms with Gasteiger partial charge in [0.05, 0.1) is 11.5 Å². The third kappa shape index (κ3) is 5.27. The SMILES string of the molecule is O=C(CS)NC(C(=O)O)C(NC(=O)CS)C(=O)O. The Morgan fingerprint density at radius 1 is 0.833 bits per heavy atom. The Morgan fingerprint density at radius 2 is 1.11 bits per heavy atom. The van der Waals surface area contributed by atoms with Crippen molar-refractivity contribution in [3.05, 3.63) is 0 Å². The Labute approximate surface area is 113 Å². The molecule has 0 radical (unpaired) electrons. The molecule has 0 bridgehead atoms. The molecule has 0 saturated carbocycles. The van der Waals surface area contributed by atoms with E-state index >= 15 is 0 Å². The standard InChI is InChI=1S/C8H12N2O6S2/c11-3(1-17)9-5(7(13)14)6(8(15)16)10-4(12)2-18/h5-6,17-18H,1-2H2,(H,9,11)(H,10,12)(H,13,14)(H,15,16). The van der Waals surface area contributed by atoms with E-state index in [-0.39, 0.29) is 11.5 Å². The lowest BCUT2D eigenvalue weighted by atomic mass is 10.1. The molecule has 18 heavy (non-hydrogen) atoms. The summed E-state index contributed by atoms with van der Waals surface area (Å²) in [6, 6.07) is -3.57. The van der Waals surface area contributed by atoms with E-state index in [9.17, 15) is 19.2 Å². The number of rotatable bonds is 7. The highest BCUT2D eigenvalue weighted by Gasteiger charge is 2.35. The maximum Gasteiger partial charge on any atom is 0.329 e. The molecule has 0 spiro atoms. The summed E-state index contributed by atoms with van der Waals surface area (Å²) in [5.41, 5.74) is 0. The molecule has 0 aromatic heterocycles. The number of carbonyl (C=O) groups excluding carboxylic acids is 2. The minimum atomic E-state index is -1.79. The molecule has 0 saturated heterocycles. The Balaban J connectivity index is 4.99. The predicted octanol–water partition coefficient (Wildman–Crippen LogP) is -2.02. The van der Waals surface area contributed by atoms with Crippen LogP contribution in [0.2, 0.25) is 0 Å². The Morgan fingerprint density at radius 3 is 1.28 bits per heavy atom. The molecule has 0 aromatic rings. The maximum atomic E-state index is 11.0. The van der Waals surface area contributed by atoms with Crippen molar-refractivity contribution >= 4 is 49.0 Å². The fraction of sp³-hybridized carbons (Fsp3) is 0.500. The first kappa shape index (κ1) is 16.6. The number of carbonyl (C=O) groups is 4. The molecule has 2 unspecified atom stereocenters. The van der Waals surface area contributed by atoms with E-state index in [4.69, 9.17) is 10.2 Å². The first-order valence-corrected chi connectivity index (χ1v) is 5.86. The first-order valence-electron chi connectivity index (χ1n) is 4.59. The molecule has 0 aliphatic heterocycles. The van der Waals surface area contributed by atoms with Crippen LogP contribution in [0, 0.1) is 0 Å². The molecule has 2 atom stereocenters. The van der Waals surface area contributed by atoms with Crippen LogP contribution < -0.4 is 10.6 Å². The van der Waals surface area contributed by atoms with Crippen LogP contribution in [0.4, 0.5) is 0 Å². The van der Waals surface area contributed by atoms with Gasteiger partial charge in [0.1, 0.15) is 0 Å². The number of thiol groups is 2. The van der Waals surface area contributed by atoms with Crippen molar-refractivity contribution in [2.45, 2.75) is 12.1 Å². The average Bonchev–Trinajstić information content (AvgIpc) is 2.31. The van der Waals surface area contributed by atoms with Gasteiger partial charge in [-0.05, 0) is 0 Å². The molecular weight excluding hydrogens is 284 g/mol. The van der Waals surface area contributed by atoms with Crippen LogP contribution >= 0.6 is 25.3 Å². The van der Waals surface area contributed by atoms with Crippen molar-refractivity contribution < 1.29 is 29.4 Å². The first-order chi connectivity index (χ1) is 8.33. The van der Waals surface area contributed by atoms with E-state index in [2.05, 4.69) is 25.3 Å². The second-order valence-corrected chi connectivity index (χ2v) is 3.72. The zero-order valence-electron chi connectivity index (χ0n) is 8.99. The molecule has 4 N–H and O–H groups in total. The van der Waals surface area contributed by atoms with E-state index in [1.54, 1.807) is 0 Å². The lowest BCUT2D eigenvalue weighted by Crippen LogP contribution is -2.59. The van der Waals surface area contributed by atoms with Crippen molar-refractivity contribution in [2.24, 2.45) is 0 Å². The highest BCUT2D eigenvalue weighted by atomic mass is 32.1. The number of nitrogens with one attached hydrogen (secondary N) is 2. The van der Waals surface area contributed by atoms with Crippen LogP contribution in [-0.4, -0.2) is 57.6 Å². The quantitative estimate of drug-likeness (QED) is 0.301. The van der Waals surface area contributed by atoms with Crippen LogP contribution in [0.5, 0.6) is 0 Å². The number of hydrogen-bond donors (Lipinski definition) is 6. The van der Waals surface area contributed by atoms with Crippen molar-refractivity contribution in [3.63, 3.8) is 0 Å². The van der Waals surface area contributed by atoms with Crippen LogP contribution in [0.15, 0.2) is 0 Å². The van der Waals surface area contributed by atoms with Crippen molar-refractivity contribution in [1.29, 1.82) is 0 Å². The van der Waals surface area contributed by atoms with Gasteiger partial charge < -0.3 is 20.8 Å². The normalized spacial score (nSPS) is 13.2. The minimum Gasteiger partial charge on any atom is -0.480 e. The van der Waals surface area contributed by atoms with Crippen molar-refractivity contribution in [2.75, 3.05) is 11.5 Å². The molecule has 10 heteroatoms. The summed E-state index contributed by atoms with van der Waals surface area (Å²) in [6.45, 7) is 0. The number of aliphatic carboxylic acids is 2. The summed E-state index contributed by atoms with van der Waals surface area (Å²) < 4.78 is 0. The van der Waals surface area contributed by atoms with Crippen LogP contribution in [0.25, 0.3) is 0 Å². The number of carboxylic acid groups (broad SMARTS) is 2. The maximum absolute atomic E-state index is 11.0. The molecule has 8 nitrogen and oxygen atoms in total. The third-order valence-corrected chi connectivity index (χ3v) is 2.36. The average molecular weight is 296 g/mol. The van der Waals surface area contributed by atoms with Gasteiger partial charge in [-0.3, -0.25) is 9.59 Å². The molecule has 0 aromatic carbocycles. The Kier molecular flexibility index (Phi) is 7.20. The van der Waals surface area contributed by atoms with Crippen LogP contribution in [0.1, 0.15) is 0 Å². The van der Waals surface area contributed by atoms with Gasteiger partial charge in [-0.1, -0.05) is 0 Å². The van der Waals surface area contributed by atoms with Gasteiger partial charge in [-0.2, -0.15) is 25.3 Å². The van der Waals surface area contributed by atoms with Gasteiger partial charge in [0.2, 0.25) is 11.8 Å². The lowest BCUT2D eigenvalue weighted by molar-refractivity contribution is -0.150. The van der Waals surface area contributed by atoms with Crippen molar-refractivity contribution in [1.82, 2.24) is 10.6 Å². The molecular formula is C8H12N2O6S2. The van der Waals surface area contributed by atoms with Gasteiger partial charge in [-0.25, -0.2) is 9.59 Å². The minimum absolute atomic E-state index is 0.309. The Bertz CT molecular complexity index is 327. The highest BCUT2D eigenvalue weighted by molar-refractivity contribution is 7.81. The van der Waals surface area contributed by atoms with Crippen LogP contribution in [0.3, 0.4) is 0 Å². The van der Waals surface area contributed by atoms with Gasteiger partial charge in [0.15, 0.2) is 12.1 Å².